The predicted molar refractivity (Wildman–Crippen MR) is 100 cm³/mol. The summed E-state index contributed by atoms with van der Waals surface area (Å²) in [5, 5.41) is 7.12. The SMILES string of the molecule is Fc1cccnc1OC[C@]12COC[C@H]1CN(CC1CCOCC1)C2.O=C(O)C(F)(F)F. The van der Waals surface area contributed by atoms with E-state index in [-0.39, 0.29) is 11.3 Å². The van der Waals surface area contributed by atoms with Crippen molar-refractivity contribution in [2.45, 2.75) is 19.0 Å². The van der Waals surface area contributed by atoms with Crippen LogP contribution in [0, 0.1) is 23.1 Å². The predicted octanol–water partition coefficient (Wildman–Crippen LogP) is 2.61. The lowest BCUT2D eigenvalue weighted by molar-refractivity contribution is -0.192. The Labute approximate surface area is 177 Å². The van der Waals surface area contributed by atoms with E-state index in [1.807, 2.05) is 0 Å². The van der Waals surface area contributed by atoms with Crippen LogP contribution in [0.25, 0.3) is 0 Å². The van der Waals surface area contributed by atoms with E-state index in [1.165, 1.54) is 6.07 Å². The number of ether oxygens (including phenoxy) is 3. The van der Waals surface area contributed by atoms with Gasteiger partial charge in [0.05, 0.1) is 19.8 Å². The van der Waals surface area contributed by atoms with Gasteiger partial charge < -0.3 is 24.2 Å². The van der Waals surface area contributed by atoms with Crippen LogP contribution < -0.4 is 4.74 Å². The number of carboxylic acid groups (broad SMARTS) is 1. The zero-order valence-electron chi connectivity index (χ0n) is 16.9. The molecule has 7 nitrogen and oxygen atoms in total. The van der Waals surface area contributed by atoms with Crippen LogP contribution in [0.4, 0.5) is 17.6 Å². The molecular formula is C20H26F4N2O5. The normalized spacial score (nSPS) is 26.8. The first-order chi connectivity index (χ1) is 14.7. The molecule has 3 fully saturated rings. The number of halogens is 4. The molecule has 0 amide bonds. The van der Waals surface area contributed by atoms with Crippen LogP contribution in [0.2, 0.25) is 0 Å². The molecule has 4 heterocycles. The molecule has 4 rings (SSSR count). The maximum absolute atomic E-state index is 13.7. The van der Waals surface area contributed by atoms with Crippen LogP contribution in [0.15, 0.2) is 18.3 Å². The van der Waals surface area contributed by atoms with E-state index >= 15 is 0 Å². The monoisotopic (exact) mass is 450 g/mol. The molecule has 11 heteroatoms. The first-order valence-corrected chi connectivity index (χ1v) is 10.1. The number of alkyl halides is 3. The maximum Gasteiger partial charge on any atom is 0.490 e. The van der Waals surface area contributed by atoms with Crippen molar-refractivity contribution in [3.05, 3.63) is 24.1 Å². The third-order valence-corrected chi connectivity index (χ3v) is 5.91. The molecule has 1 aromatic heterocycles. The molecule has 174 valence electrons. The smallest absolute Gasteiger partial charge is 0.475 e. The molecule has 31 heavy (non-hydrogen) atoms. The van der Waals surface area contributed by atoms with Gasteiger partial charge >= 0.3 is 12.1 Å². The van der Waals surface area contributed by atoms with Crippen LogP contribution in [0.3, 0.4) is 0 Å². The lowest BCUT2D eigenvalue weighted by atomic mass is 9.82. The number of fused-ring (bicyclic) bond motifs is 1. The van der Waals surface area contributed by atoms with Crippen molar-refractivity contribution in [2.75, 3.05) is 52.7 Å². The van der Waals surface area contributed by atoms with Crippen molar-refractivity contribution < 1.29 is 41.7 Å². The van der Waals surface area contributed by atoms with Gasteiger partial charge in [0.1, 0.15) is 0 Å². The van der Waals surface area contributed by atoms with Crippen LogP contribution >= 0.6 is 0 Å². The highest BCUT2D eigenvalue weighted by atomic mass is 19.4. The molecule has 3 aliphatic rings. The molecule has 1 aromatic rings. The summed E-state index contributed by atoms with van der Waals surface area (Å²) in [6.07, 6.45) is -1.22. The summed E-state index contributed by atoms with van der Waals surface area (Å²) in [5.74, 6) is -1.87. The molecule has 0 unspecified atom stereocenters. The molecule has 3 aliphatic heterocycles. The van der Waals surface area contributed by atoms with E-state index in [0.717, 1.165) is 58.2 Å². The summed E-state index contributed by atoms with van der Waals surface area (Å²) in [7, 11) is 0. The number of nitrogens with zero attached hydrogens (tertiary/aromatic N) is 2. The molecule has 1 N–H and O–H groups in total. The van der Waals surface area contributed by atoms with Crippen molar-refractivity contribution in [1.29, 1.82) is 0 Å². The Kier molecular flexibility index (Phi) is 7.71. The zero-order valence-corrected chi connectivity index (χ0v) is 16.9. The first-order valence-electron chi connectivity index (χ1n) is 10.1. The molecule has 0 aromatic carbocycles. The molecule has 3 saturated heterocycles. The minimum Gasteiger partial charge on any atom is -0.475 e. The zero-order chi connectivity index (χ0) is 22.5. The van der Waals surface area contributed by atoms with E-state index in [4.69, 9.17) is 24.1 Å². The van der Waals surface area contributed by atoms with E-state index in [0.29, 0.717) is 19.1 Å². The number of hydrogen-bond acceptors (Lipinski definition) is 6. The summed E-state index contributed by atoms with van der Waals surface area (Å²) < 4.78 is 62.4. The standard InChI is InChI=1S/C18H25FN2O3.C2HF3O2/c19-16-2-1-5-20-17(16)24-13-18-11-21(9-15(18)10-23-12-18)8-14-3-6-22-7-4-14;3-2(4,5)1(6)7/h1-2,5,14-15H,3-4,6-13H2;(H,6,7)/t15-,18+;/m1./s1. The summed E-state index contributed by atoms with van der Waals surface area (Å²) in [5.41, 5.74) is -0.0326. The minimum atomic E-state index is -5.08. The Morgan fingerprint density at radius 2 is 2.03 bits per heavy atom. The lowest BCUT2D eigenvalue weighted by Gasteiger charge is -2.29. The Morgan fingerprint density at radius 1 is 1.32 bits per heavy atom. The summed E-state index contributed by atoms with van der Waals surface area (Å²) in [6, 6.07) is 2.96. The first kappa shape index (κ1) is 23.7. The minimum absolute atomic E-state index is 0.0326. The number of carbonyl (C=O) groups is 1. The highest BCUT2D eigenvalue weighted by molar-refractivity contribution is 5.73. The van der Waals surface area contributed by atoms with Gasteiger partial charge in [0.25, 0.3) is 0 Å². The number of hydrogen-bond donors (Lipinski definition) is 1. The van der Waals surface area contributed by atoms with Gasteiger partial charge in [-0.15, -0.1) is 0 Å². The quantitative estimate of drug-likeness (QED) is 0.691. The number of pyridine rings is 1. The second-order valence-corrected chi connectivity index (χ2v) is 8.21. The van der Waals surface area contributed by atoms with Gasteiger partial charge in [-0.1, -0.05) is 0 Å². The maximum atomic E-state index is 13.7. The highest BCUT2D eigenvalue weighted by Gasteiger charge is 2.51. The molecule has 0 bridgehead atoms. The summed E-state index contributed by atoms with van der Waals surface area (Å²) in [6.45, 7) is 6.84. The lowest BCUT2D eigenvalue weighted by Crippen LogP contribution is -2.38. The number of aromatic nitrogens is 1. The number of carboxylic acids is 1. The molecule has 0 aliphatic carbocycles. The van der Waals surface area contributed by atoms with Gasteiger partial charge in [-0.25, -0.2) is 14.2 Å². The summed E-state index contributed by atoms with van der Waals surface area (Å²) in [4.78, 5) is 15.4. The number of rotatable bonds is 5. The van der Waals surface area contributed by atoms with Crippen LogP contribution in [-0.2, 0) is 14.3 Å². The third kappa shape index (κ3) is 6.27. The molecule has 0 radical (unpaired) electrons. The Hall–Kier alpha value is -1.98. The fourth-order valence-corrected chi connectivity index (χ4v) is 4.27. The fraction of sp³-hybridized carbons (Fsp3) is 0.700. The number of aliphatic carboxylic acids is 1. The fourth-order valence-electron chi connectivity index (χ4n) is 4.27. The Morgan fingerprint density at radius 3 is 2.68 bits per heavy atom. The van der Waals surface area contributed by atoms with Crippen molar-refractivity contribution in [2.24, 2.45) is 17.3 Å². The highest BCUT2D eigenvalue weighted by Crippen LogP contribution is 2.42. The molecule has 0 spiro atoms. The van der Waals surface area contributed by atoms with Crippen LogP contribution in [0.1, 0.15) is 12.8 Å². The van der Waals surface area contributed by atoms with Crippen molar-refractivity contribution in [3.63, 3.8) is 0 Å². The Bertz CT molecular complexity index is 745. The molecular weight excluding hydrogens is 424 g/mol. The van der Waals surface area contributed by atoms with Gasteiger partial charge in [-0.2, -0.15) is 13.2 Å². The van der Waals surface area contributed by atoms with Gasteiger partial charge in [-0.3, -0.25) is 0 Å². The van der Waals surface area contributed by atoms with E-state index in [2.05, 4.69) is 9.88 Å². The van der Waals surface area contributed by atoms with Gasteiger partial charge in [0, 0.05) is 50.4 Å². The van der Waals surface area contributed by atoms with Gasteiger partial charge in [0.2, 0.25) is 5.88 Å². The molecule has 2 atom stereocenters. The average Bonchev–Trinajstić information content (AvgIpc) is 3.25. The van der Waals surface area contributed by atoms with E-state index in [9.17, 15) is 17.6 Å². The number of likely N-dealkylation sites (tertiary alicyclic amines) is 1. The molecule has 0 saturated carbocycles. The van der Waals surface area contributed by atoms with Crippen LogP contribution in [0.5, 0.6) is 5.88 Å². The topological polar surface area (TPSA) is 81.1 Å². The van der Waals surface area contributed by atoms with Gasteiger partial charge in [-0.05, 0) is 30.9 Å². The van der Waals surface area contributed by atoms with Gasteiger partial charge in [0.15, 0.2) is 5.82 Å². The van der Waals surface area contributed by atoms with Crippen molar-refractivity contribution in [3.8, 4) is 5.88 Å². The third-order valence-electron chi connectivity index (χ3n) is 5.91. The van der Waals surface area contributed by atoms with Crippen LogP contribution in [-0.4, -0.2) is 79.8 Å². The summed E-state index contributed by atoms with van der Waals surface area (Å²) >= 11 is 0. The largest absolute Gasteiger partial charge is 0.490 e. The average molecular weight is 450 g/mol. The van der Waals surface area contributed by atoms with Crippen molar-refractivity contribution in [1.82, 2.24) is 9.88 Å². The second-order valence-electron chi connectivity index (χ2n) is 8.21. The van der Waals surface area contributed by atoms with Crippen molar-refractivity contribution >= 4 is 5.97 Å². The second kappa shape index (κ2) is 10.1. The van der Waals surface area contributed by atoms with E-state index < -0.39 is 18.0 Å². The van der Waals surface area contributed by atoms with E-state index in [1.54, 1.807) is 12.3 Å². The Balaban J connectivity index is 0.000000339.